The highest BCUT2D eigenvalue weighted by atomic mass is 32.1. The van der Waals surface area contributed by atoms with E-state index in [9.17, 15) is 0 Å². The van der Waals surface area contributed by atoms with Crippen molar-refractivity contribution in [1.82, 2.24) is 10.3 Å². The maximum atomic E-state index is 4.44. The minimum Gasteiger partial charge on any atom is -0.315 e. The van der Waals surface area contributed by atoms with Gasteiger partial charge in [0, 0.05) is 23.2 Å². The molecule has 0 amide bonds. The number of aryl methyl sites for hydroxylation is 1. The molecule has 0 radical (unpaired) electrons. The summed E-state index contributed by atoms with van der Waals surface area (Å²) in [6.45, 7) is 3.01. The van der Waals surface area contributed by atoms with Gasteiger partial charge in [0.05, 0.1) is 0 Å². The second-order valence-electron chi connectivity index (χ2n) is 3.48. The van der Waals surface area contributed by atoms with E-state index in [1.54, 1.807) is 11.3 Å². The van der Waals surface area contributed by atoms with E-state index in [-0.39, 0.29) is 0 Å². The molecular formula is C12H14N2S. The number of hydrogen-bond acceptors (Lipinski definition) is 3. The van der Waals surface area contributed by atoms with E-state index in [0.29, 0.717) is 0 Å². The van der Waals surface area contributed by atoms with Gasteiger partial charge in [0.15, 0.2) is 0 Å². The highest BCUT2D eigenvalue weighted by molar-refractivity contribution is 7.15. The Bertz CT molecular complexity index is 448. The van der Waals surface area contributed by atoms with Crippen molar-refractivity contribution >= 4 is 11.3 Å². The molecule has 0 aliphatic heterocycles. The first-order chi connectivity index (χ1) is 7.31. The molecule has 0 aliphatic carbocycles. The molecule has 0 bridgehead atoms. The third kappa shape index (κ3) is 2.25. The Morgan fingerprint density at radius 1 is 1.33 bits per heavy atom. The number of thiazole rings is 1. The number of nitrogens with zero attached hydrogens (tertiary/aromatic N) is 1. The molecule has 0 aliphatic rings. The van der Waals surface area contributed by atoms with Gasteiger partial charge >= 0.3 is 0 Å². The topological polar surface area (TPSA) is 24.9 Å². The third-order valence-corrected chi connectivity index (χ3v) is 3.31. The van der Waals surface area contributed by atoms with E-state index >= 15 is 0 Å². The van der Waals surface area contributed by atoms with Crippen molar-refractivity contribution in [2.75, 3.05) is 7.05 Å². The van der Waals surface area contributed by atoms with Crippen molar-refractivity contribution < 1.29 is 0 Å². The first kappa shape index (κ1) is 10.3. The van der Waals surface area contributed by atoms with Gasteiger partial charge in [0.1, 0.15) is 5.01 Å². The summed E-state index contributed by atoms with van der Waals surface area (Å²) < 4.78 is 0. The largest absolute Gasteiger partial charge is 0.315 e. The summed E-state index contributed by atoms with van der Waals surface area (Å²) in [5.74, 6) is 0. The van der Waals surface area contributed by atoms with Gasteiger partial charge in [-0.15, -0.1) is 11.3 Å². The van der Waals surface area contributed by atoms with E-state index in [0.717, 1.165) is 11.6 Å². The average molecular weight is 218 g/mol. The summed E-state index contributed by atoms with van der Waals surface area (Å²) in [7, 11) is 1.95. The van der Waals surface area contributed by atoms with Crippen LogP contribution in [-0.4, -0.2) is 12.0 Å². The van der Waals surface area contributed by atoms with Crippen molar-refractivity contribution in [3.63, 3.8) is 0 Å². The number of benzene rings is 1. The van der Waals surface area contributed by atoms with E-state index < -0.39 is 0 Å². The van der Waals surface area contributed by atoms with Gasteiger partial charge < -0.3 is 5.32 Å². The van der Waals surface area contributed by atoms with Gasteiger partial charge in [-0.25, -0.2) is 4.98 Å². The molecule has 0 fully saturated rings. The Morgan fingerprint density at radius 3 is 2.87 bits per heavy atom. The van der Waals surface area contributed by atoms with Crippen LogP contribution in [-0.2, 0) is 6.54 Å². The van der Waals surface area contributed by atoms with Gasteiger partial charge in [-0.1, -0.05) is 24.3 Å². The first-order valence-corrected chi connectivity index (χ1v) is 5.78. The molecule has 1 N–H and O–H groups in total. The van der Waals surface area contributed by atoms with Gasteiger partial charge in [-0.2, -0.15) is 0 Å². The molecule has 78 valence electrons. The lowest BCUT2D eigenvalue weighted by atomic mass is 10.1. The van der Waals surface area contributed by atoms with E-state index in [1.165, 1.54) is 16.0 Å². The van der Waals surface area contributed by atoms with Gasteiger partial charge in [-0.3, -0.25) is 0 Å². The Balaban J connectivity index is 2.33. The zero-order valence-corrected chi connectivity index (χ0v) is 9.77. The summed E-state index contributed by atoms with van der Waals surface area (Å²) >= 11 is 1.75. The van der Waals surface area contributed by atoms with Gasteiger partial charge in [-0.05, 0) is 19.5 Å². The molecule has 3 heteroatoms. The Morgan fingerprint density at radius 2 is 2.13 bits per heavy atom. The number of hydrogen-bond donors (Lipinski definition) is 1. The van der Waals surface area contributed by atoms with E-state index in [2.05, 4.69) is 41.5 Å². The monoisotopic (exact) mass is 218 g/mol. The Hall–Kier alpha value is -1.19. The average Bonchev–Trinajstić information content (AvgIpc) is 2.68. The summed E-state index contributed by atoms with van der Waals surface area (Å²) in [6.07, 6.45) is 1.95. The summed E-state index contributed by atoms with van der Waals surface area (Å²) in [4.78, 5) is 5.72. The van der Waals surface area contributed by atoms with Crippen molar-refractivity contribution in [3.05, 3.63) is 40.9 Å². The van der Waals surface area contributed by atoms with E-state index in [1.807, 2.05) is 13.2 Å². The maximum Gasteiger partial charge on any atom is 0.123 e. The summed E-state index contributed by atoms with van der Waals surface area (Å²) in [5, 5.41) is 4.24. The van der Waals surface area contributed by atoms with Crippen LogP contribution in [0.2, 0.25) is 0 Å². The van der Waals surface area contributed by atoms with Crippen molar-refractivity contribution in [2.24, 2.45) is 0 Å². The molecule has 0 unspecified atom stereocenters. The lowest BCUT2D eigenvalue weighted by Gasteiger charge is -1.99. The minimum atomic E-state index is 0.892. The smallest absolute Gasteiger partial charge is 0.123 e. The fraction of sp³-hybridized carbons (Fsp3) is 0.250. The predicted molar refractivity (Wildman–Crippen MR) is 65.1 cm³/mol. The number of aromatic nitrogens is 1. The van der Waals surface area contributed by atoms with Crippen LogP contribution in [0.1, 0.15) is 10.4 Å². The minimum absolute atomic E-state index is 0.892. The van der Waals surface area contributed by atoms with Crippen LogP contribution in [0.25, 0.3) is 10.6 Å². The lowest BCUT2D eigenvalue weighted by molar-refractivity contribution is 0.829. The highest BCUT2D eigenvalue weighted by Gasteiger charge is 2.05. The van der Waals surface area contributed by atoms with Crippen LogP contribution in [0.3, 0.4) is 0 Å². The molecule has 2 nitrogen and oxygen atoms in total. The summed E-state index contributed by atoms with van der Waals surface area (Å²) in [5.41, 5.74) is 2.52. The lowest BCUT2D eigenvalue weighted by Crippen LogP contribution is -2.02. The highest BCUT2D eigenvalue weighted by Crippen LogP contribution is 2.27. The molecule has 0 spiro atoms. The molecule has 15 heavy (non-hydrogen) atoms. The molecule has 0 saturated carbocycles. The van der Waals surface area contributed by atoms with Crippen LogP contribution in [0.4, 0.5) is 0 Å². The Labute approximate surface area is 94.0 Å². The van der Waals surface area contributed by atoms with Crippen LogP contribution in [0.15, 0.2) is 30.5 Å². The fourth-order valence-electron chi connectivity index (χ4n) is 1.50. The second-order valence-corrected chi connectivity index (χ2v) is 4.59. The Kier molecular flexibility index (Phi) is 3.14. The molecule has 1 heterocycles. The first-order valence-electron chi connectivity index (χ1n) is 4.96. The standard InChI is InChI=1S/C12H14N2S/c1-9-5-3-4-6-11(9)12-14-8-10(15-12)7-13-2/h3-6,8,13H,7H2,1-2H3. The van der Waals surface area contributed by atoms with Crippen LogP contribution in [0, 0.1) is 6.92 Å². The predicted octanol–water partition coefficient (Wildman–Crippen LogP) is 2.84. The molecule has 0 atom stereocenters. The van der Waals surface area contributed by atoms with E-state index in [4.69, 9.17) is 0 Å². The van der Waals surface area contributed by atoms with Gasteiger partial charge in [0.2, 0.25) is 0 Å². The molecule has 0 saturated heterocycles. The number of nitrogens with one attached hydrogen (secondary N) is 1. The molecule has 2 aromatic rings. The zero-order valence-electron chi connectivity index (χ0n) is 8.95. The van der Waals surface area contributed by atoms with Crippen molar-refractivity contribution in [2.45, 2.75) is 13.5 Å². The van der Waals surface area contributed by atoms with Crippen LogP contribution in [0.5, 0.6) is 0 Å². The van der Waals surface area contributed by atoms with Crippen molar-refractivity contribution in [3.8, 4) is 10.6 Å². The SMILES string of the molecule is CNCc1cnc(-c2ccccc2C)s1. The second kappa shape index (κ2) is 4.55. The van der Waals surface area contributed by atoms with Crippen LogP contribution < -0.4 is 5.32 Å². The fourth-order valence-corrected chi connectivity index (χ4v) is 2.52. The molecule has 2 rings (SSSR count). The maximum absolute atomic E-state index is 4.44. The quantitative estimate of drug-likeness (QED) is 0.857. The summed E-state index contributed by atoms with van der Waals surface area (Å²) in [6, 6.07) is 8.36. The molecular weight excluding hydrogens is 204 g/mol. The molecule has 1 aromatic carbocycles. The third-order valence-electron chi connectivity index (χ3n) is 2.28. The number of rotatable bonds is 3. The molecule has 1 aromatic heterocycles. The van der Waals surface area contributed by atoms with Crippen molar-refractivity contribution in [1.29, 1.82) is 0 Å². The van der Waals surface area contributed by atoms with Gasteiger partial charge in [0.25, 0.3) is 0 Å². The van der Waals surface area contributed by atoms with Crippen LogP contribution >= 0.6 is 11.3 Å². The normalized spacial score (nSPS) is 10.5. The zero-order chi connectivity index (χ0) is 10.7.